The van der Waals surface area contributed by atoms with Crippen LogP contribution in [0.3, 0.4) is 0 Å². The number of amides is 1. The number of hydrogen-bond acceptors (Lipinski definition) is 5. The molecular weight excluding hydrogens is 354 g/mol. The summed E-state index contributed by atoms with van der Waals surface area (Å²) in [7, 11) is 0. The normalized spacial score (nSPS) is 11.3. The Balaban J connectivity index is 1.62. The summed E-state index contributed by atoms with van der Waals surface area (Å²) in [4.78, 5) is 16.4. The Hall–Kier alpha value is -3.15. The van der Waals surface area contributed by atoms with Crippen molar-refractivity contribution in [3.63, 3.8) is 0 Å². The van der Waals surface area contributed by atoms with Crippen molar-refractivity contribution < 1.29 is 14.1 Å². The van der Waals surface area contributed by atoms with Gasteiger partial charge in [0.2, 0.25) is 5.82 Å². The van der Waals surface area contributed by atoms with Crippen LogP contribution in [0, 0.1) is 6.92 Å². The molecule has 0 aliphatic heterocycles. The van der Waals surface area contributed by atoms with E-state index in [1.807, 2.05) is 64.1 Å². The first-order chi connectivity index (χ1) is 13.4. The number of nitrogens with zero attached hydrogens (tertiary/aromatic N) is 2. The van der Waals surface area contributed by atoms with Crippen molar-refractivity contribution in [1.29, 1.82) is 0 Å². The van der Waals surface area contributed by atoms with Crippen molar-refractivity contribution in [3.8, 4) is 28.6 Å². The third-order valence-corrected chi connectivity index (χ3v) is 4.57. The van der Waals surface area contributed by atoms with Crippen LogP contribution in [0.2, 0.25) is 0 Å². The zero-order valence-corrected chi connectivity index (χ0v) is 16.7. The van der Waals surface area contributed by atoms with Crippen molar-refractivity contribution in [1.82, 2.24) is 15.5 Å². The van der Waals surface area contributed by atoms with E-state index in [-0.39, 0.29) is 18.1 Å². The van der Waals surface area contributed by atoms with Crippen LogP contribution in [0.15, 0.2) is 53.1 Å². The lowest BCUT2D eigenvalue weighted by atomic mass is 10.0. The van der Waals surface area contributed by atoms with Gasteiger partial charge < -0.3 is 14.6 Å². The van der Waals surface area contributed by atoms with Crippen LogP contribution in [0.1, 0.15) is 32.8 Å². The maximum absolute atomic E-state index is 12.0. The molecule has 3 aromatic rings. The second-order valence-electron chi connectivity index (χ2n) is 7.39. The number of carbonyl (C=O) groups is 1. The number of benzene rings is 2. The Morgan fingerprint density at radius 2 is 1.71 bits per heavy atom. The predicted molar refractivity (Wildman–Crippen MR) is 108 cm³/mol. The second-order valence-corrected chi connectivity index (χ2v) is 7.39. The number of ether oxygens (including phenoxy) is 1. The van der Waals surface area contributed by atoms with Crippen molar-refractivity contribution in [2.24, 2.45) is 0 Å². The highest BCUT2D eigenvalue weighted by atomic mass is 16.5. The van der Waals surface area contributed by atoms with Crippen LogP contribution in [-0.4, -0.2) is 28.2 Å². The molecule has 0 aliphatic carbocycles. The van der Waals surface area contributed by atoms with Crippen LogP contribution in [0.4, 0.5) is 0 Å². The third-order valence-electron chi connectivity index (χ3n) is 4.57. The van der Waals surface area contributed by atoms with Crippen molar-refractivity contribution in [2.75, 3.05) is 6.61 Å². The largest absolute Gasteiger partial charge is 0.484 e. The molecule has 1 N–H and O–H groups in total. The molecule has 1 amide bonds. The van der Waals surface area contributed by atoms with E-state index in [2.05, 4.69) is 15.5 Å². The van der Waals surface area contributed by atoms with Crippen LogP contribution in [-0.2, 0) is 4.79 Å². The number of carbonyl (C=O) groups excluding carboxylic acids is 1. The number of rotatable bonds is 7. The van der Waals surface area contributed by atoms with E-state index in [1.165, 1.54) is 5.56 Å². The smallest absolute Gasteiger partial charge is 0.258 e. The fraction of sp³-hybridized carbons (Fsp3) is 0.318. The lowest BCUT2D eigenvalue weighted by Gasteiger charge is -2.24. The summed E-state index contributed by atoms with van der Waals surface area (Å²) in [6.07, 6.45) is 0.849. The zero-order valence-electron chi connectivity index (χ0n) is 16.7. The van der Waals surface area contributed by atoms with Gasteiger partial charge in [-0.1, -0.05) is 41.9 Å². The Morgan fingerprint density at radius 3 is 2.36 bits per heavy atom. The molecular formula is C22H25N3O3. The molecule has 0 fully saturated rings. The van der Waals surface area contributed by atoms with Crippen LogP contribution >= 0.6 is 0 Å². The van der Waals surface area contributed by atoms with Gasteiger partial charge in [0.15, 0.2) is 6.61 Å². The highest BCUT2D eigenvalue weighted by molar-refractivity contribution is 5.78. The highest BCUT2D eigenvalue weighted by Gasteiger charge is 2.18. The maximum Gasteiger partial charge on any atom is 0.258 e. The molecule has 6 heteroatoms. The Morgan fingerprint density at radius 1 is 1.07 bits per heavy atom. The number of aryl methyl sites for hydroxylation is 1. The molecule has 3 rings (SSSR count). The second kappa shape index (κ2) is 8.25. The van der Waals surface area contributed by atoms with E-state index < -0.39 is 0 Å². The average Bonchev–Trinajstić information content (AvgIpc) is 3.17. The standard InChI is InChI=1S/C22H25N3O3/c1-5-22(3,4)24-19(26)14-27-18-12-10-17(11-13-18)21-23-20(25-28-21)16-8-6-15(2)7-9-16/h6-13H,5,14H2,1-4H3,(H,24,26). The summed E-state index contributed by atoms with van der Waals surface area (Å²) >= 11 is 0. The van der Waals surface area contributed by atoms with E-state index >= 15 is 0 Å². The van der Waals surface area contributed by atoms with Crippen LogP contribution < -0.4 is 10.1 Å². The minimum absolute atomic E-state index is 0.0269. The quantitative estimate of drug-likeness (QED) is 0.658. The molecule has 28 heavy (non-hydrogen) atoms. The summed E-state index contributed by atoms with van der Waals surface area (Å²) < 4.78 is 10.9. The summed E-state index contributed by atoms with van der Waals surface area (Å²) in [6, 6.07) is 15.2. The summed E-state index contributed by atoms with van der Waals surface area (Å²) in [6.45, 7) is 8.00. The molecule has 1 heterocycles. The van der Waals surface area contributed by atoms with Gasteiger partial charge in [0.1, 0.15) is 5.75 Å². The molecule has 0 radical (unpaired) electrons. The van der Waals surface area contributed by atoms with Gasteiger partial charge >= 0.3 is 0 Å². The van der Waals surface area contributed by atoms with Gasteiger partial charge in [-0.3, -0.25) is 4.79 Å². The van der Waals surface area contributed by atoms with E-state index in [4.69, 9.17) is 9.26 Å². The van der Waals surface area contributed by atoms with Crippen molar-refractivity contribution in [3.05, 3.63) is 54.1 Å². The summed E-state index contributed by atoms with van der Waals surface area (Å²) in [5.74, 6) is 1.44. The Bertz CT molecular complexity index is 928. The molecule has 0 aliphatic rings. The van der Waals surface area contributed by atoms with Crippen LogP contribution in [0.5, 0.6) is 5.75 Å². The lowest BCUT2D eigenvalue weighted by molar-refractivity contribution is -0.124. The first kappa shape index (κ1) is 19.6. The number of hydrogen-bond donors (Lipinski definition) is 1. The molecule has 6 nitrogen and oxygen atoms in total. The minimum Gasteiger partial charge on any atom is -0.484 e. The van der Waals surface area contributed by atoms with Gasteiger partial charge in [0.25, 0.3) is 11.8 Å². The summed E-state index contributed by atoms with van der Waals surface area (Å²) in [5, 5.41) is 6.98. The zero-order chi connectivity index (χ0) is 20.1. The molecule has 0 atom stereocenters. The van der Waals surface area contributed by atoms with Crippen molar-refractivity contribution in [2.45, 2.75) is 39.7 Å². The van der Waals surface area contributed by atoms with Gasteiger partial charge in [-0.25, -0.2) is 0 Å². The van der Waals surface area contributed by atoms with Crippen molar-refractivity contribution >= 4 is 5.91 Å². The van der Waals surface area contributed by atoms with E-state index in [0.717, 1.165) is 17.5 Å². The van der Waals surface area contributed by atoms with E-state index in [1.54, 1.807) is 12.1 Å². The molecule has 0 bridgehead atoms. The monoisotopic (exact) mass is 379 g/mol. The molecule has 146 valence electrons. The first-order valence-electron chi connectivity index (χ1n) is 9.31. The maximum atomic E-state index is 12.0. The fourth-order valence-electron chi connectivity index (χ4n) is 2.51. The molecule has 2 aromatic carbocycles. The van der Waals surface area contributed by atoms with Crippen LogP contribution in [0.25, 0.3) is 22.8 Å². The SMILES string of the molecule is CCC(C)(C)NC(=O)COc1ccc(-c2nc(-c3ccc(C)cc3)no2)cc1. The molecule has 0 spiro atoms. The molecule has 0 saturated carbocycles. The third kappa shape index (κ3) is 4.97. The van der Waals surface area contributed by atoms with Gasteiger partial charge in [-0.2, -0.15) is 4.98 Å². The first-order valence-corrected chi connectivity index (χ1v) is 9.31. The molecule has 1 aromatic heterocycles. The minimum atomic E-state index is -0.239. The van der Waals surface area contributed by atoms with Gasteiger partial charge in [-0.05, 0) is 51.5 Å². The summed E-state index contributed by atoms with van der Waals surface area (Å²) in [5.41, 5.74) is 2.63. The number of aromatic nitrogens is 2. The average molecular weight is 379 g/mol. The van der Waals surface area contributed by atoms with E-state index in [0.29, 0.717) is 17.5 Å². The Labute approximate surface area is 164 Å². The molecule has 0 saturated heterocycles. The predicted octanol–water partition coefficient (Wildman–Crippen LogP) is 4.40. The van der Waals surface area contributed by atoms with Gasteiger partial charge in [0.05, 0.1) is 0 Å². The topological polar surface area (TPSA) is 77.2 Å². The fourth-order valence-corrected chi connectivity index (χ4v) is 2.51. The highest BCUT2D eigenvalue weighted by Crippen LogP contribution is 2.24. The van der Waals surface area contributed by atoms with Gasteiger partial charge in [0, 0.05) is 16.7 Å². The Kier molecular flexibility index (Phi) is 5.78. The number of nitrogens with one attached hydrogen (secondary N) is 1. The van der Waals surface area contributed by atoms with E-state index in [9.17, 15) is 4.79 Å². The van der Waals surface area contributed by atoms with Gasteiger partial charge in [-0.15, -0.1) is 0 Å². The lowest BCUT2D eigenvalue weighted by Crippen LogP contribution is -2.44. The molecule has 0 unspecified atom stereocenters.